The molecule has 2 aromatic rings. The summed E-state index contributed by atoms with van der Waals surface area (Å²) in [6, 6.07) is 9.35. The molecule has 0 fully saturated rings. The summed E-state index contributed by atoms with van der Waals surface area (Å²) in [7, 11) is 1.65. The van der Waals surface area contributed by atoms with E-state index in [9.17, 15) is 14.7 Å². The van der Waals surface area contributed by atoms with Crippen LogP contribution in [-0.4, -0.2) is 53.0 Å². The van der Waals surface area contributed by atoms with Crippen LogP contribution < -0.4 is 5.32 Å². The average molecular weight is 303 g/mol. The van der Waals surface area contributed by atoms with Gasteiger partial charge in [0, 0.05) is 24.5 Å². The number of benzene rings is 1. The average Bonchev–Trinajstić information content (AvgIpc) is 2.93. The Kier molecular flexibility index (Phi) is 5.16. The Morgan fingerprint density at radius 2 is 2.09 bits per heavy atom. The zero-order valence-corrected chi connectivity index (χ0v) is 12.8. The van der Waals surface area contributed by atoms with Crippen LogP contribution in [0, 0.1) is 0 Å². The van der Waals surface area contributed by atoms with Crippen molar-refractivity contribution < 1.29 is 14.7 Å². The first kappa shape index (κ1) is 16.0. The monoisotopic (exact) mass is 303 g/mol. The van der Waals surface area contributed by atoms with Gasteiger partial charge >= 0.3 is 0 Å². The molecule has 0 bridgehead atoms. The molecule has 1 aromatic carbocycles. The highest BCUT2D eigenvalue weighted by atomic mass is 16.3. The number of rotatable bonds is 6. The van der Waals surface area contributed by atoms with Crippen molar-refractivity contribution in [3.63, 3.8) is 0 Å². The van der Waals surface area contributed by atoms with Crippen LogP contribution in [-0.2, 0) is 4.79 Å². The van der Waals surface area contributed by atoms with Gasteiger partial charge in [-0.05, 0) is 25.5 Å². The Hall–Kier alpha value is -2.34. The number of aliphatic hydroxyl groups is 1. The molecule has 3 N–H and O–H groups in total. The molecule has 22 heavy (non-hydrogen) atoms. The van der Waals surface area contributed by atoms with Gasteiger partial charge in [0.15, 0.2) is 0 Å². The third-order valence-electron chi connectivity index (χ3n) is 3.48. The van der Waals surface area contributed by atoms with Crippen molar-refractivity contribution in [3.05, 3.63) is 36.0 Å². The summed E-state index contributed by atoms with van der Waals surface area (Å²) in [5.41, 5.74) is 1.31. The predicted molar refractivity (Wildman–Crippen MR) is 84.6 cm³/mol. The highest BCUT2D eigenvalue weighted by molar-refractivity contribution is 5.99. The molecule has 0 aliphatic heterocycles. The SMILES string of the molecule is CC(O)CCN(C)C(=O)CNC(=O)c1cc2ccccc2[nH]1. The summed E-state index contributed by atoms with van der Waals surface area (Å²) >= 11 is 0. The molecule has 0 spiro atoms. The molecule has 1 heterocycles. The molecule has 0 aliphatic carbocycles. The number of carbonyl (C=O) groups is 2. The minimum absolute atomic E-state index is 0.0650. The van der Waals surface area contributed by atoms with Gasteiger partial charge in [-0.15, -0.1) is 0 Å². The van der Waals surface area contributed by atoms with E-state index in [1.54, 1.807) is 20.0 Å². The number of aromatic amines is 1. The van der Waals surface area contributed by atoms with Gasteiger partial charge in [0.25, 0.3) is 5.91 Å². The minimum atomic E-state index is -0.448. The van der Waals surface area contributed by atoms with Crippen molar-refractivity contribution in [3.8, 4) is 0 Å². The lowest BCUT2D eigenvalue weighted by molar-refractivity contribution is -0.129. The number of nitrogens with one attached hydrogen (secondary N) is 2. The van der Waals surface area contributed by atoms with Crippen molar-refractivity contribution in [2.24, 2.45) is 0 Å². The lowest BCUT2D eigenvalue weighted by Crippen LogP contribution is -2.39. The Labute approximate surface area is 129 Å². The maximum Gasteiger partial charge on any atom is 0.268 e. The van der Waals surface area contributed by atoms with E-state index in [4.69, 9.17) is 0 Å². The van der Waals surface area contributed by atoms with Crippen LogP contribution in [0.5, 0.6) is 0 Å². The second kappa shape index (κ2) is 7.09. The van der Waals surface area contributed by atoms with Crippen LogP contribution in [0.25, 0.3) is 10.9 Å². The highest BCUT2D eigenvalue weighted by Crippen LogP contribution is 2.14. The molecule has 6 heteroatoms. The fourth-order valence-corrected chi connectivity index (χ4v) is 2.09. The number of hydrogen-bond acceptors (Lipinski definition) is 3. The van der Waals surface area contributed by atoms with Gasteiger partial charge in [-0.3, -0.25) is 9.59 Å². The number of aliphatic hydroxyl groups excluding tert-OH is 1. The maximum absolute atomic E-state index is 12.1. The van der Waals surface area contributed by atoms with Gasteiger partial charge in [-0.25, -0.2) is 0 Å². The Balaban J connectivity index is 1.88. The van der Waals surface area contributed by atoms with Crippen LogP contribution in [0.15, 0.2) is 30.3 Å². The molecule has 0 aliphatic rings. The normalized spacial score (nSPS) is 12.1. The van der Waals surface area contributed by atoms with Crippen molar-refractivity contribution in [1.82, 2.24) is 15.2 Å². The van der Waals surface area contributed by atoms with E-state index in [-0.39, 0.29) is 18.4 Å². The van der Waals surface area contributed by atoms with E-state index in [0.29, 0.717) is 18.7 Å². The zero-order chi connectivity index (χ0) is 16.1. The van der Waals surface area contributed by atoms with Crippen LogP contribution in [0.3, 0.4) is 0 Å². The van der Waals surface area contributed by atoms with Crippen LogP contribution >= 0.6 is 0 Å². The number of likely N-dealkylation sites (N-methyl/N-ethyl adjacent to an activating group) is 1. The molecule has 1 aromatic heterocycles. The molecule has 2 rings (SSSR count). The number of amides is 2. The second-order valence-electron chi connectivity index (χ2n) is 5.41. The molecule has 0 saturated carbocycles. The van der Waals surface area contributed by atoms with Gasteiger partial charge in [0.1, 0.15) is 5.69 Å². The van der Waals surface area contributed by atoms with Gasteiger partial charge in [0.05, 0.1) is 12.6 Å². The van der Waals surface area contributed by atoms with E-state index >= 15 is 0 Å². The highest BCUT2D eigenvalue weighted by Gasteiger charge is 2.13. The van der Waals surface area contributed by atoms with Gasteiger partial charge in [-0.2, -0.15) is 0 Å². The Bertz CT molecular complexity index is 630. The molecule has 0 radical (unpaired) electrons. The molecule has 1 atom stereocenters. The van der Waals surface area contributed by atoms with Crippen molar-refractivity contribution >= 4 is 22.7 Å². The topological polar surface area (TPSA) is 85.4 Å². The number of nitrogens with zero attached hydrogens (tertiary/aromatic N) is 1. The number of para-hydroxylation sites is 1. The smallest absolute Gasteiger partial charge is 0.268 e. The first-order valence-electron chi connectivity index (χ1n) is 7.25. The second-order valence-corrected chi connectivity index (χ2v) is 5.41. The van der Waals surface area contributed by atoms with E-state index in [1.165, 1.54) is 4.90 Å². The standard InChI is InChI=1S/C16H21N3O3/c1-11(20)7-8-19(2)15(21)10-17-16(22)14-9-12-5-3-4-6-13(12)18-14/h3-6,9,11,18,20H,7-8,10H2,1-2H3,(H,17,22). The number of H-pyrrole nitrogens is 1. The summed E-state index contributed by atoms with van der Waals surface area (Å²) in [6.45, 7) is 2.07. The van der Waals surface area contributed by atoms with Crippen LogP contribution in [0.2, 0.25) is 0 Å². The fourth-order valence-electron chi connectivity index (χ4n) is 2.09. The minimum Gasteiger partial charge on any atom is -0.393 e. The van der Waals surface area contributed by atoms with Crippen molar-refractivity contribution in [2.75, 3.05) is 20.1 Å². The molecule has 0 saturated heterocycles. The third-order valence-corrected chi connectivity index (χ3v) is 3.48. The lowest BCUT2D eigenvalue weighted by atomic mass is 10.2. The van der Waals surface area contributed by atoms with Crippen molar-refractivity contribution in [1.29, 1.82) is 0 Å². The van der Waals surface area contributed by atoms with E-state index < -0.39 is 6.10 Å². The lowest BCUT2D eigenvalue weighted by Gasteiger charge is -2.18. The number of carbonyl (C=O) groups excluding carboxylic acids is 2. The largest absolute Gasteiger partial charge is 0.393 e. The first-order chi connectivity index (χ1) is 10.5. The van der Waals surface area contributed by atoms with Crippen LogP contribution in [0.4, 0.5) is 0 Å². The summed E-state index contributed by atoms with van der Waals surface area (Å²) < 4.78 is 0. The predicted octanol–water partition coefficient (Wildman–Crippen LogP) is 1.13. The van der Waals surface area contributed by atoms with Gasteiger partial charge in [-0.1, -0.05) is 18.2 Å². The van der Waals surface area contributed by atoms with E-state index in [2.05, 4.69) is 10.3 Å². The molecule has 118 valence electrons. The first-order valence-corrected chi connectivity index (χ1v) is 7.25. The molecular formula is C16H21N3O3. The number of aromatic nitrogens is 1. The number of hydrogen-bond donors (Lipinski definition) is 3. The van der Waals surface area contributed by atoms with Crippen molar-refractivity contribution in [2.45, 2.75) is 19.4 Å². The van der Waals surface area contributed by atoms with Gasteiger partial charge in [0.2, 0.25) is 5.91 Å². The quantitative estimate of drug-likeness (QED) is 0.747. The third kappa shape index (κ3) is 4.08. The Morgan fingerprint density at radius 3 is 2.77 bits per heavy atom. The number of fused-ring (bicyclic) bond motifs is 1. The summed E-state index contributed by atoms with van der Waals surface area (Å²) in [5, 5.41) is 12.8. The summed E-state index contributed by atoms with van der Waals surface area (Å²) in [5.74, 6) is -0.501. The van der Waals surface area contributed by atoms with E-state index in [0.717, 1.165) is 10.9 Å². The molecule has 1 unspecified atom stereocenters. The fraction of sp³-hybridized carbons (Fsp3) is 0.375. The summed E-state index contributed by atoms with van der Waals surface area (Å²) in [4.78, 5) is 28.5. The maximum atomic E-state index is 12.1. The molecule has 2 amide bonds. The van der Waals surface area contributed by atoms with Gasteiger partial charge < -0.3 is 20.3 Å². The van der Waals surface area contributed by atoms with E-state index in [1.807, 2.05) is 24.3 Å². The zero-order valence-electron chi connectivity index (χ0n) is 12.8. The summed E-state index contributed by atoms with van der Waals surface area (Å²) in [6.07, 6.45) is 0.0641. The molecular weight excluding hydrogens is 282 g/mol. The Morgan fingerprint density at radius 1 is 1.36 bits per heavy atom. The molecule has 6 nitrogen and oxygen atoms in total. The van der Waals surface area contributed by atoms with Crippen LogP contribution in [0.1, 0.15) is 23.8 Å².